The fraction of sp³-hybridized carbons (Fsp3) is 0.474. The van der Waals surface area contributed by atoms with Crippen LogP contribution in [0.5, 0.6) is 0 Å². The molecule has 0 amide bonds. The van der Waals surface area contributed by atoms with Crippen LogP contribution >= 0.6 is 11.3 Å². The van der Waals surface area contributed by atoms with Crippen molar-refractivity contribution < 1.29 is 0 Å². The van der Waals surface area contributed by atoms with Gasteiger partial charge in [-0.1, -0.05) is 18.2 Å². The van der Waals surface area contributed by atoms with Crippen molar-refractivity contribution in [1.82, 2.24) is 15.6 Å². The summed E-state index contributed by atoms with van der Waals surface area (Å²) in [5, 5.41) is 7.77. The Morgan fingerprint density at radius 3 is 2.64 bits per heavy atom. The topological polar surface area (TPSA) is 52.6 Å². The number of anilines is 1. The van der Waals surface area contributed by atoms with Crippen molar-refractivity contribution in [3.05, 3.63) is 46.4 Å². The van der Waals surface area contributed by atoms with Crippen molar-refractivity contribution in [2.45, 2.75) is 33.7 Å². The minimum atomic E-state index is 0.624. The monoisotopic (exact) mass is 359 g/mol. The molecule has 0 aliphatic heterocycles. The highest BCUT2D eigenvalue weighted by Gasteiger charge is 2.04. The average molecular weight is 360 g/mol. The Labute approximate surface area is 155 Å². The van der Waals surface area contributed by atoms with Gasteiger partial charge in [0.15, 0.2) is 5.96 Å². The van der Waals surface area contributed by atoms with Gasteiger partial charge in [-0.15, -0.1) is 11.3 Å². The molecule has 0 bridgehead atoms. The second kappa shape index (κ2) is 10.7. The standard InChI is InChI=1S/C19H29N5S/c1-4-20-19(23-15-18-22-14-16(3)25-18)21-12-9-13-24(5-2)17-10-7-6-8-11-17/h6-8,10-11,14H,4-5,9,12-13,15H2,1-3H3,(H2,20,21,23). The molecule has 25 heavy (non-hydrogen) atoms. The summed E-state index contributed by atoms with van der Waals surface area (Å²) >= 11 is 1.70. The first-order chi connectivity index (χ1) is 12.2. The van der Waals surface area contributed by atoms with Crippen LogP contribution in [0.2, 0.25) is 0 Å². The summed E-state index contributed by atoms with van der Waals surface area (Å²) < 4.78 is 0. The minimum absolute atomic E-state index is 0.624. The van der Waals surface area contributed by atoms with Crippen LogP contribution in [0.3, 0.4) is 0 Å². The highest BCUT2D eigenvalue weighted by atomic mass is 32.1. The van der Waals surface area contributed by atoms with E-state index in [0.717, 1.165) is 43.6 Å². The van der Waals surface area contributed by atoms with Gasteiger partial charge in [-0.3, -0.25) is 0 Å². The zero-order chi connectivity index (χ0) is 17.9. The minimum Gasteiger partial charge on any atom is -0.372 e. The molecule has 0 saturated carbocycles. The van der Waals surface area contributed by atoms with E-state index in [-0.39, 0.29) is 0 Å². The highest BCUT2D eigenvalue weighted by Crippen LogP contribution is 2.13. The maximum absolute atomic E-state index is 4.62. The Morgan fingerprint density at radius 2 is 2.00 bits per heavy atom. The lowest BCUT2D eigenvalue weighted by Crippen LogP contribution is -2.38. The number of para-hydroxylation sites is 1. The number of nitrogens with zero attached hydrogens (tertiary/aromatic N) is 3. The van der Waals surface area contributed by atoms with Gasteiger partial charge in [0.05, 0.1) is 6.54 Å². The number of aryl methyl sites for hydroxylation is 1. The summed E-state index contributed by atoms with van der Waals surface area (Å²) in [4.78, 5) is 12.6. The second-order valence-corrected chi connectivity index (χ2v) is 7.07. The zero-order valence-corrected chi connectivity index (χ0v) is 16.3. The Balaban J connectivity index is 1.78. The molecule has 0 aliphatic carbocycles. The number of thiazole rings is 1. The lowest BCUT2D eigenvalue weighted by Gasteiger charge is -2.23. The van der Waals surface area contributed by atoms with E-state index < -0.39 is 0 Å². The fourth-order valence-electron chi connectivity index (χ4n) is 2.55. The molecule has 0 radical (unpaired) electrons. The average Bonchev–Trinajstić information content (AvgIpc) is 3.05. The first-order valence-electron chi connectivity index (χ1n) is 8.96. The zero-order valence-electron chi connectivity index (χ0n) is 15.5. The third kappa shape index (κ3) is 6.74. The third-order valence-electron chi connectivity index (χ3n) is 3.79. The van der Waals surface area contributed by atoms with Crippen LogP contribution in [0.1, 0.15) is 30.2 Å². The van der Waals surface area contributed by atoms with Gasteiger partial charge in [0.1, 0.15) is 5.01 Å². The van der Waals surface area contributed by atoms with E-state index in [2.05, 4.69) is 76.6 Å². The molecule has 0 spiro atoms. The molecule has 0 aliphatic rings. The van der Waals surface area contributed by atoms with Crippen molar-refractivity contribution in [1.29, 1.82) is 0 Å². The van der Waals surface area contributed by atoms with Crippen LogP contribution in [0.25, 0.3) is 0 Å². The van der Waals surface area contributed by atoms with Crippen molar-refractivity contribution in [2.75, 3.05) is 31.1 Å². The fourth-order valence-corrected chi connectivity index (χ4v) is 3.26. The predicted molar refractivity (Wildman–Crippen MR) is 109 cm³/mol. The largest absolute Gasteiger partial charge is 0.372 e. The maximum Gasteiger partial charge on any atom is 0.191 e. The van der Waals surface area contributed by atoms with Crippen molar-refractivity contribution >= 4 is 23.0 Å². The molecular formula is C19H29N5S. The highest BCUT2D eigenvalue weighted by molar-refractivity contribution is 7.11. The number of rotatable bonds is 9. The molecule has 6 heteroatoms. The molecule has 0 fully saturated rings. The third-order valence-corrected chi connectivity index (χ3v) is 4.68. The van der Waals surface area contributed by atoms with Crippen LogP contribution in [0, 0.1) is 6.92 Å². The van der Waals surface area contributed by atoms with Crippen molar-refractivity contribution in [3.8, 4) is 0 Å². The first kappa shape index (κ1) is 19.2. The number of aromatic nitrogens is 1. The number of nitrogens with one attached hydrogen (secondary N) is 2. The van der Waals surface area contributed by atoms with Gasteiger partial charge in [0, 0.05) is 42.9 Å². The van der Waals surface area contributed by atoms with E-state index in [1.807, 2.05) is 6.20 Å². The molecule has 0 unspecified atom stereocenters. The summed E-state index contributed by atoms with van der Waals surface area (Å²) in [6, 6.07) is 10.6. The number of hydrogen-bond acceptors (Lipinski definition) is 4. The van der Waals surface area contributed by atoms with Gasteiger partial charge in [0.2, 0.25) is 0 Å². The van der Waals surface area contributed by atoms with Gasteiger partial charge >= 0.3 is 0 Å². The predicted octanol–water partition coefficient (Wildman–Crippen LogP) is 3.42. The van der Waals surface area contributed by atoms with Crippen LogP contribution < -0.4 is 15.5 Å². The van der Waals surface area contributed by atoms with E-state index in [1.165, 1.54) is 10.6 Å². The molecule has 136 valence electrons. The summed E-state index contributed by atoms with van der Waals surface area (Å²) in [7, 11) is 0. The molecule has 1 heterocycles. The molecule has 2 N–H and O–H groups in total. The van der Waals surface area contributed by atoms with Crippen LogP contribution in [-0.4, -0.2) is 37.1 Å². The second-order valence-electron chi connectivity index (χ2n) is 5.76. The maximum atomic E-state index is 4.62. The Morgan fingerprint density at radius 1 is 1.20 bits per heavy atom. The molecule has 0 atom stereocenters. The van der Waals surface area contributed by atoms with E-state index in [1.54, 1.807) is 11.3 Å². The van der Waals surface area contributed by atoms with Crippen LogP contribution in [-0.2, 0) is 6.54 Å². The van der Waals surface area contributed by atoms with Crippen molar-refractivity contribution in [3.63, 3.8) is 0 Å². The van der Waals surface area contributed by atoms with Gasteiger partial charge in [-0.25, -0.2) is 9.98 Å². The van der Waals surface area contributed by atoms with Gasteiger partial charge in [-0.2, -0.15) is 0 Å². The van der Waals surface area contributed by atoms with Gasteiger partial charge in [0.25, 0.3) is 0 Å². The van der Waals surface area contributed by atoms with E-state index in [0.29, 0.717) is 6.54 Å². The number of hydrogen-bond donors (Lipinski definition) is 2. The number of guanidine groups is 1. The number of aliphatic imine (C=N–C) groups is 1. The summed E-state index contributed by atoms with van der Waals surface area (Å²) in [5.41, 5.74) is 1.28. The molecule has 1 aromatic carbocycles. The smallest absolute Gasteiger partial charge is 0.191 e. The molecule has 2 aromatic rings. The molecule has 0 saturated heterocycles. The summed E-state index contributed by atoms with van der Waals surface area (Å²) in [5.74, 6) is 0.859. The SMILES string of the molecule is CCNC(=NCc1ncc(C)s1)NCCCN(CC)c1ccccc1. The Kier molecular flexibility index (Phi) is 8.25. The Hall–Kier alpha value is -2.08. The molecular weight excluding hydrogens is 330 g/mol. The summed E-state index contributed by atoms with van der Waals surface area (Å²) in [6.07, 6.45) is 2.96. The van der Waals surface area contributed by atoms with Crippen LogP contribution in [0.4, 0.5) is 5.69 Å². The van der Waals surface area contributed by atoms with Crippen molar-refractivity contribution in [2.24, 2.45) is 4.99 Å². The number of benzene rings is 1. The van der Waals surface area contributed by atoms with Gasteiger partial charge in [-0.05, 0) is 39.3 Å². The van der Waals surface area contributed by atoms with E-state index in [9.17, 15) is 0 Å². The first-order valence-corrected chi connectivity index (χ1v) is 9.78. The molecule has 2 rings (SSSR count). The molecule has 1 aromatic heterocycles. The van der Waals surface area contributed by atoms with E-state index in [4.69, 9.17) is 0 Å². The normalized spacial score (nSPS) is 11.4. The van der Waals surface area contributed by atoms with E-state index >= 15 is 0 Å². The van der Waals surface area contributed by atoms with Gasteiger partial charge < -0.3 is 15.5 Å². The lowest BCUT2D eigenvalue weighted by atomic mass is 10.2. The lowest BCUT2D eigenvalue weighted by molar-refractivity contribution is 0.709. The Bertz CT molecular complexity index is 638. The molecule has 5 nitrogen and oxygen atoms in total. The van der Waals surface area contributed by atoms with Crippen LogP contribution in [0.15, 0.2) is 41.5 Å². The quantitative estimate of drug-likeness (QED) is 0.409. The summed E-state index contributed by atoms with van der Waals surface area (Å²) in [6.45, 7) is 10.8.